The molecular weight excluding hydrogens is 811 g/mol. The molecule has 2 aliphatic rings. The van der Waals surface area contributed by atoms with E-state index in [4.69, 9.17) is 21.1 Å². The maximum absolute atomic E-state index is 14.4. The molecular formula is C36H38ClIN4O6S2. The molecule has 264 valence electrons. The first-order chi connectivity index (χ1) is 24.0. The number of anilines is 1. The molecule has 2 amide bonds. The molecule has 0 aliphatic carbocycles. The zero-order valence-electron chi connectivity index (χ0n) is 27.9. The summed E-state index contributed by atoms with van der Waals surface area (Å²) in [6.07, 6.45) is 0.628. The van der Waals surface area contributed by atoms with E-state index in [-0.39, 0.29) is 33.6 Å². The molecule has 4 aromatic rings. The van der Waals surface area contributed by atoms with Crippen LogP contribution in [0.5, 0.6) is 11.5 Å². The number of ether oxygens (including phenoxy) is 2. The van der Waals surface area contributed by atoms with E-state index >= 15 is 0 Å². The van der Waals surface area contributed by atoms with Crippen molar-refractivity contribution < 1.29 is 27.5 Å². The minimum atomic E-state index is -3.85. The smallest absolute Gasteiger partial charge is 0.264 e. The largest absolute Gasteiger partial charge is 0.493 e. The number of thiophene rings is 1. The molecule has 2 atom stereocenters. The molecule has 1 saturated heterocycles. The van der Waals surface area contributed by atoms with E-state index in [2.05, 4.69) is 45.7 Å². The topological polar surface area (TPSA) is 108 Å². The first-order valence-corrected chi connectivity index (χ1v) is 20.0. The van der Waals surface area contributed by atoms with E-state index < -0.39 is 16.1 Å². The van der Waals surface area contributed by atoms with Gasteiger partial charge >= 0.3 is 0 Å². The van der Waals surface area contributed by atoms with E-state index in [1.54, 1.807) is 24.3 Å². The number of nitrogens with one attached hydrogen (secondary N) is 1. The Balaban J connectivity index is 1.24. The van der Waals surface area contributed by atoms with Gasteiger partial charge in [-0.05, 0) is 83.8 Å². The number of benzene rings is 3. The molecule has 14 heteroatoms. The number of methoxy groups -OCH3 is 2. The minimum absolute atomic E-state index is 0.0354. The Hall–Kier alpha value is -3.21. The van der Waals surface area contributed by atoms with Gasteiger partial charge in [0.25, 0.3) is 11.8 Å². The number of nitrogens with zero attached hydrogens (tertiary/aromatic N) is 3. The number of hydrogen-bond acceptors (Lipinski definition) is 9. The van der Waals surface area contributed by atoms with Gasteiger partial charge in [0.15, 0.2) is 11.5 Å². The van der Waals surface area contributed by atoms with Crippen LogP contribution in [0.25, 0.3) is 0 Å². The summed E-state index contributed by atoms with van der Waals surface area (Å²) in [4.78, 5) is 34.5. The van der Waals surface area contributed by atoms with Crippen molar-refractivity contribution in [2.45, 2.75) is 36.7 Å². The molecule has 3 heterocycles. The second-order valence-electron chi connectivity index (χ2n) is 12.1. The quantitative estimate of drug-likeness (QED) is 0.0872. The zero-order valence-corrected chi connectivity index (χ0v) is 32.4. The number of hydrogen-bond donors (Lipinski definition) is 1. The number of carbonyl (C=O) groups excluding carboxylic acids is 2. The van der Waals surface area contributed by atoms with Crippen molar-refractivity contribution in [3.63, 3.8) is 0 Å². The summed E-state index contributed by atoms with van der Waals surface area (Å²) in [5.74, 6) is 0.205. The molecule has 0 saturated carbocycles. The summed E-state index contributed by atoms with van der Waals surface area (Å²) >= 11 is 9.41. The van der Waals surface area contributed by atoms with E-state index in [1.165, 1.54) is 42.1 Å². The molecule has 1 fully saturated rings. The lowest BCUT2D eigenvalue weighted by molar-refractivity contribution is 0.0572. The Morgan fingerprint density at radius 3 is 2.28 bits per heavy atom. The van der Waals surface area contributed by atoms with Crippen molar-refractivity contribution in [2.24, 2.45) is 0 Å². The Kier molecular flexibility index (Phi) is 11.4. The summed E-state index contributed by atoms with van der Waals surface area (Å²) in [5.41, 5.74) is 3.43. The first-order valence-electron chi connectivity index (χ1n) is 16.2. The third-order valence-electron chi connectivity index (χ3n) is 9.37. The Bertz CT molecular complexity index is 1990. The van der Waals surface area contributed by atoms with Gasteiger partial charge in [-0.1, -0.05) is 54.1 Å². The number of amides is 2. The lowest BCUT2D eigenvalue weighted by Crippen LogP contribution is -2.47. The zero-order chi connectivity index (χ0) is 35.6. The highest BCUT2D eigenvalue weighted by molar-refractivity contribution is 14.1. The fourth-order valence-corrected chi connectivity index (χ4v) is 11.0. The maximum Gasteiger partial charge on any atom is 0.264 e. The first kappa shape index (κ1) is 36.6. The second kappa shape index (κ2) is 15.6. The van der Waals surface area contributed by atoms with Crippen LogP contribution in [-0.2, 0) is 10.0 Å². The molecule has 1 aromatic heterocycles. The number of fused-ring (bicyclic) bond motifs is 1. The van der Waals surface area contributed by atoms with E-state index in [9.17, 15) is 18.0 Å². The molecule has 10 nitrogen and oxygen atoms in total. The SMILES string of the molecule is COc1ccc(C(CCCNS(=O)(=O)c2cc(I)sc2Cl)N2C(=O)c3cccc(N4CCN([C@H](C)c5ccccc5)CC4)c3C2=O)cc1OC. The highest BCUT2D eigenvalue weighted by Crippen LogP contribution is 2.41. The van der Waals surface area contributed by atoms with Gasteiger partial charge in [-0.25, -0.2) is 13.1 Å². The fraction of sp³-hybridized carbons (Fsp3) is 0.333. The lowest BCUT2D eigenvalue weighted by atomic mass is 9.99. The number of imide groups is 1. The van der Waals surface area contributed by atoms with Crippen molar-refractivity contribution in [1.82, 2.24) is 14.5 Å². The predicted molar refractivity (Wildman–Crippen MR) is 204 cm³/mol. The number of piperazine rings is 1. The van der Waals surface area contributed by atoms with Crippen molar-refractivity contribution in [1.29, 1.82) is 0 Å². The third kappa shape index (κ3) is 7.39. The van der Waals surface area contributed by atoms with E-state index in [0.717, 1.165) is 21.7 Å². The van der Waals surface area contributed by atoms with Crippen LogP contribution in [0.4, 0.5) is 5.69 Å². The molecule has 1 unspecified atom stereocenters. The minimum Gasteiger partial charge on any atom is -0.493 e. The van der Waals surface area contributed by atoms with Gasteiger partial charge in [0, 0.05) is 38.8 Å². The second-order valence-corrected chi connectivity index (χ2v) is 17.4. The lowest BCUT2D eigenvalue weighted by Gasteiger charge is -2.39. The number of halogens is 2. The summed E-state index contributed by atoms with van der Waals surface area (Å²) in [6, 6.07) is 22.3. The normalized spacial score (nSPS) is 16.4. The molecule has 1 N–H and O–H groups in total. The summed E-state index contributed by atoms with van der Waals surface area (Å²) < 4.78 is 40.6. The van der Waals surface area contributed by atoms with Gasteiger partial charge in [0.05, 0.1) is 40.0 Å². The standard InChI is InChI=1S/C36H38ClIN4O6S2/c1-23(24-9-5-4-6-10-24)40-17-19-41(20-18-40)28-12-7-11-26-33(28)36(44)42(35(26)43)27(25-14-15-29(47-2)30(21-25)48-3)13-8-16-39-50(45,46)31-22-32(38)49-34(31)37/h4-7,9-12,14-15,21-23,27,39H,8,13,16-20H2,1-3H3/t23-,27?/m1/s1. The number of carbonyl (C=O) groups is 2. The molecule has 0 bridgehead atoms. The number of sulfonamides is 1. The third-order valence-corrected chi connectivity index (χ3v) is 13.2. The van der Waals surface area contributed by atoms with Crippen LogP contribution in [0.2, 0.25) is 4.34 Å². The average molecular weight is 849 g/mol. The van der Waals surface area contributed by atoms with E-state index in [0.29, 0.717) is 54.1 Å². The van der Waals surface area contributed by atoms with Crippen molar-refractivity contribution in [3.8, 4) is 11.5 Å². The van der Waals surface area contributed by atoms with E-state index in [1.807, 2.05) is 40.8 Å². The summed E-state index contributed by atoms with van der Waals surface area (Å²) in [7, 11) is -0.787. The number of rotatable bonds is 13. The van der Waals surface area contributed by atoms with Gasteiger partial charge in [0.1, 0.15) is 9.23 Å². The highest BCUT2D eigenvalue weighted by Gasteiger charge is 2.43. The molecule has 50 heavy (non-hydrogen) atoms. The summed E-state index contributed by atoms with van der Waals surface area (Å²) in [5, 5.41) is 0. The van der Waals surface area contributed by atoms with Gasteiger partial charge in [0.2, 0.25) is 10.0 Å². The van der Waals surface area contributed by atoms with Gasteiger partial charge in [-0.3, -0.25) is 19.4 Å². The Morgan fingerprint density at radius 1 is 0.900 bits per heavy atom. The van der Waals surface area contributed by atoms with Crippen molar-refractivity contribution in [3.05, 3.63) is 102 Å². The monoisotopic (exact) mass is 848 g/mol. The average Bonchev–Trinajstić information content (AvgIpc) is 3.62. The van der Waals surface area contributed by atoms with Crippen molar-refractivity contribution in [2.75, 3.05) is 51.8 Å². The van der Waals surface area contributed by atoms with Gasteiger partial charge in [-0.15, -0.1) is 11.3 Å². The molecule has 3 aromatic carbocycles. The molecule has 6 rings (SSSR count). The molecule has 0 spiro atoms. The Labute approximate surface area is 315 Å². The maximum atomic E-state index is 14.4. The van der Waals surface area contributed by atoms with Crippen LogP contribution in [0.1, 0.15) is 63.7 Å². The van der Waals surface area contributed by atoms with Crippen LogP contribution in [0.3, 0.4) is 0 Å². The van der Waals surface area contributed by atoms with Crippen LogP contribution in [-0.4, -0.2) is 77.0 Å². The van der Waals surface area contributed by atoms with Crippen molar-refractivity contribution >= 4 is 73.1 Å². The van der Waals surface area contributed by atoms with Crippen LogP contribution in [0, 0.1) is 2.88 Å². The highest BCUT2D eigenvalue weighted by atomic mass is 127. The molecule has 0 radical (unpaired) electrons. The van der Waals surface area contributed by atoms with Crippen LogP contribution >= 0.6 is 45.5 Å². The van der Waals surface area contributed by atoms with Crippen LogP contribution < -0.4 is 19.1 Å². The predicted octanol–water partition coefficient (Wildman–Crippen LogP) is 7.00. The van der Waals surface area contributed by atoms with Gasteiger partial charge in [-0.2, -0.15) is 0 Å². The van der Waals surface area contributed by atoms with Gasteiger partial charge < -0.3 is 14.4 Å². The molecule has 2 aliphatic heterocycles. The fourth-order valence-electron chi connectivity index (χ4n) is 6.72. The van der Waals surface area contributed by atoms with Crippen LogP contribution in [0.15, 0.2) is 77.7 Å². The summed E-state index contributed by atoms with van der Waals surface area (Å²) in [6.45, 7) is 5.33. The Morgan fingerprint density at radius 2 is 1.62 bits per heavy atom.